The Morgan fingerprint density at radius 2 is 1.24 bits per heavy atom. The number of fused-ring (bicyclic) bond motifs is 2. The summed E-state index contributed by atoms with van der Waals surface area (Å²) in [7, 11) is -1.57. The first kappa shape index (κ1) is 63.0. The van der Waals surface area contributed by atoms with Crippen LogP contribution in [0.25, 0.3) is 76.2 Å². The molecule has 3 aromatic heterocycles. The van der Waals surface area contributed by atoms with Gasteiger partial charge in [0.1, 0.15) is 6.33 Å². The number of aliphatic hydroxyl groups is 1. The smallest absolute Gasteiger partial charge is 0.162 e. The van der Waals surface area contributed by atoms with Gasteiger partial charge < -0.3 is 10.1 Å². The average Bonchev–Trinajstić information content (AvgIpc) is 3.73. The zero-order valence-electron chi connectivity index (χ0n) is 50.3. The Balaban J connectivity index is 0.000000206. The van der Waals surface area contributed by atoms with Gasteiger partial charge >= 0.3 is 0 Å². The van der Waals surface area contributed by atoms with Gasteiger partial charge in [-0.3, -0.25) is 9.78 Å². The van der Waals surface area contributed by atoms with Crippen molar-refractivity contribution in [1.82, 2.24) is 15.0 Å². The molecule has 9 rings (SSSR count). The Morgan fingerprint density at radius 3 is 1.81 bits per heavy atom. The minimum atomic E-state index is -1.57. The summed E-state index contributed by atoms with van der Waals surface area (Å²) in [6, 6.07) is 48.9. The SMILES string of the molecule is CCC(CC)C(=O)/C=C(\O)C(CC)CC.Cc1[c-]c(-c2cc(-c3ccc(-c4ccc(CC(C)(C)C)cc4)cc3)ccn2)cc(C)c1.Cc1cc(C)c(-c2sc3c(-c4[c-]c5ccccc5c([Si](C)(C)C)c4)ncnc3c2C)c(C)c1.[Ir]. The molecule has 0 unspecified atom stereocenters. The first-order valence-electron chi connectivity index (χ1n) is 28.4. The number of benzene rings is 6. The van der Waals surface area contributed by atoms with Crippen LogP contribution >= 0.6 is 11.3 Å². The molecule has 5 nitrogen and oxygen atoms in total. The van der Waals surface area contributed by atoms with Gasteiger partial charge in [0.25, 0.3) is 0 Å². The number of hydrogen-bond acceptors (Lipinski definition) is 6. The van der Waals surface area contributed by atoms with Gasteiger partial charge in [-0.25, -0.2) is 4.98 Å². The number of hydrogen-bond donors (Lipinski definition) is 1. The van der Waals surface area contributed by atoms with Crippen LogP contribution in [0.3, 0.4) is 0 Å². The standard InChI is InChI=1S/C30H30N.C29H29N2SSi.C13H24O2.Ir/c1-21-16-22(2)18-28(17-21)29-19-27(14-15-31-29)26-12-10-25(11-13-26)24-8-6-23(7-9-24)20-30(3,4)5;1-17-12-18(2)25(19(3)13-17)28-20(4)26-29(32-28)27(31-16-30-26)22-14-21-10-8-9-11-23(21)24(15-22)33(5,6)7;1-5-10(6-2)12(14)9-13(15)11(7-3)8-4;/h6-17,19H,20H2,1-5H3;8-13,15-16H,1-7H3;9-11,14H,5-8H2,1-4H3;/q2*-1;;/b;;12-9-;. The molecule has 80 heavy (non-hydrogen) atoms. The number of carbonyl (C=O) groups excluding carboxylic acids is 1. The molecule has 3 heterocycles. The quantitative estimate of drug-likeness (QED) is 0.0508. The van der Waals surface area contributed by atoms with Crippen molar-refractivity contribution >= 4 is 51.4 Å². The number of allylic oxidation sites excluding steroid dienone is 2. The van der Waals surface area contributed by atoms with Gasteiger partial charge in [0, 0.05) is 59.5 Å². The fraction of sp³-hybridized carbons (Fsp3) is 0.333. The van der Waals surface area contributed by atoms with Crippen molar-refractivity contribution in [1.29, 1.82) is 0 Å². The zero-order valence-corrected chi connectivity index (χ0v) is 54.5. The third-order valence-electron chi connectivity index (χ3n) is 15.0. The van der Waals surface area contributed by atoms with Crippen LogP contribution in [-0.2, 0) is 31.3 Å². The van der Waals surface area contributed by atoms with Crippen molar-refractivity contribution < 1.29 is 30.0 Å². The molecular formula is C72H83IrN3O2SSi-2. The van der Waals surface area contributed by atoms with E-state index in [4.69, 9.17) is 9.97 Å². The first-order valence-corrected chi connectivity index (χ1v) is 32.7. The second kappa shape index (κ2) is 27.5. The van der Waals surface area contributed by atoms with Crippen molar-refractivity contribution in [3.05, 3.63) is 191 Å². The minimum absolute atomic E-state index is 0. The summed E-state index contributed by atoms with van der Waals surface area (Å²) < 4.78 is 1.15. The molecular weight excluding hydrogens is 1190 g/mol. The molecule has 0 amide bonds. The molecule has 0 saturated heterocycles. The largest absolute Gasteiger partial charge is 0.512 e. The van der Waals surface area contributed by atoms with Crippen LogP contribution in [0.15, 0.2) is 140 Å². The van der Waals surface area contributed by atoms with Crippen molar-refractivity contribution in [2.24, 2.45) is 17.3 Å². The monoisotopic (exact) mass is 1270 g/mol. The number of carbonyl (C=O) groups is 1. The number of nitrogens with zero attached hydrogens (tertiary/aromatic N) is 3. The Morgan fingerprint density at radius 1 is 0.662 bits per heavy atom. The molecule has 1 N–H and O–H groups in total. The van der Waals surface area contributed by atoms with Gasteiger partial charge in [-0.15, -0.1) is 75.0 Å². The van der Waals surface area contributed by atoms with Crippen LogP contribution in [0.1, 0.15) is 113 Å². The van der Waals surface area contributed by atoms with Gasteiger partial charge in [0.05, 0.1) is 19.3 Å². The van der Waals surface area contributed by atoms with Crippen molar-refractivity contribution in [2.45, 2.75) is 142 Å². The van der Waals surface area contributed by atoms with E-state index in [1.54, 1.807) is 6.33 Å². The van der Waals surface area contributed by atoms with Crippen LogP contribution in [0.2, 0.25) is 19.6 Å². The number of pyridine rings is 1. The molecule has 1 radical (unpaired) electrons. The predicted molar refractivity (Wildman–Crippen MR) is 342 cm³/mol. The molecule has 0 spiro atoms. The van der Waals surface area contributed by atoms with E-state index >= 15 is 0 Å². The number of ketones is 1. The predicted octanol–water partition coefficient (Wildman–Crippen LogP) is 19.7. The van der Waals surface area contributed by atoms with Crippen LogP contribution in [-0.4, -0.2) is 33.9 Å². The molecule has 0 saturated carbocycles. The number of aromatic nitrogens is 3. The number of thiophene rings is 1. The van der Waals surface area contributed by atoms with Crippen molar-refractivity contribution in [3.63, 3.8) is 0 Å². The Labute approximate surface area is 497 Å². The average molecular weight is 1270 g/mol. The Kier molecular flexibility index (Phi) is 21.7. The molecule has 0 aliphatic rings. The van der Waals surface area contributed by atoms with E-state index in [0.717, 1.165) is 75.8 Å². The van der Waals surface area contributed by atoms with Gasteiger partial charge in [0.2, 0.25) is 0 Å². The van der Waals surface area contributed by atoms with E-state index < -0.39 is 8.07 Å². The summed E-state index contributed by atoms with van der Waals surface area (Å²) in [6.45, 7) is 35.1. The van der Waals surface area contributed by atoms with E-state index in [9.17, 15) is 9.90 Å². The fourth-order valence-electron chi connectivity index (χ4n) is 10.8. The summed E-state index contributed by atoms with van der Waals surface area (Å²) in [5.74, 6) is 0.547. The molecule has 419 valence electrons. The topological polar surface area (TPSA) is 76.0 Å². The van der Waals surface area contributed by atoms with Gasteiger partial charge in [0.15, 0.2) is 5.78 Å². The van der Waals surface area contributed by atoms with E-state index in [0.29, 0.717) is 5.41 Å². The van der Waals surface area contributed by atoms with E-state index in [2.05, 4.69) is 214 Å². The zero-order chi connectivity index (χ0) is 57.3. The first-order chi connectivity index (χ1) is 37.5. The summed E-state index contributed by atoms with van der Waals surface area (Å²) in [6.07, 6.45) is 9.60. The molecule has 0 fully saturated rings. The fourth-order valence-corrected chi connectivity index (χ4v) is 13.9. The molecule has 0 aliphatic heterocycles. The molecule has 8 heteroatoms. The van der Waals surface area contributed by atoms with Crippen LogP contribution in [0.4, 0.5) is 0 Å². The number of aryl methyl sites for hydroxylation is 6. The van der Waals surface area contributed by atoms with Gasteiger partial charge in [-0.05, 0) is 127 Å². The minimum Gasteiger partial charge on any atom is -0.512 e. The summed E-state index contributed by atoms with van der Waals surface area (Å²) in [5, 5.41) is 13.7. The number of aliphatic hydroxyl groups excluding tert-OH is 1. The third kappa shape index (κ3) is 15.6. The maximum Gasteiger partial charge on any atom is 0.162 e. The normalized spacial score (nSPS) is 11.8. The van der Waals surface area contributed by atoms with Gasteiger partial charge in [-0.2, -0.15) is 0 Å². The summed E-state index contributed by atoms with van der Waals surface area (Å²) >= 11 is 1.82. The second-order valence-corrected chi connectivity index (χ2v) is 29.9. The molecule has 0 atom stereocenters. The number of rotatable bonds is 14. The van der Waals surface area contributed by atoms with Crippen molar-refractivity contribution in [3.8, 4) is 55.2 Å². The molecule has 6 aromatic carbocycles. The van der Waals surface area contributed by atoms with Crippen LogP contribution in [0, 0.1) is 70.9 Å². The molecule has 9 aromatic rings. The Hall–Kier alpha value is -6.15. The van der Waals surface area contributed by atoms with Crippen LogP contribution < -0.4 is 5.19 Å². The maximum atomic E-state index is 11.7. The molecule has 0 aliphatic carbocycles. The van der Waals surface area contributed by atoms with E-state index in [1.807, 2.05) is 45.2 Å². The maximum absolute atomic E-state index is 11.7. The summed E-state index contributed by atoms with van der Waals surface area (Å²) in [5.41, 5.74) is 20.6. The van der Waals surface area contributed by atoms with Gasteiger partial charge in [-0.1, -0.05) is 183 Å². The van der Waals surface area contributed by atoms with E-state index in [1.165, 1.54) is 82.7 Å². The van der Waals surface area contributed by atoms with Crippen molar-refractivity contribution in [2.75, 3.05) is 0 Å². The van der Waals surface area contributed by atoms with E-state index in [-0.39, 0.29) is 43.5 Å². The third-order valence-corrected chi connectivity index (χ3v) is 18.3. The second-order valence-electron chi connectivity index (χ2n) is 23.8. The summed E-state index contributed by atoms with van der Waals surface area (Å²) in [4.78, 5) is 27.1. The van der Waals surface area contributed by atoms with Crippen LogP contribution in [0.5, 0.6) is 0 Å². The Bertz CT molecular complexity index is 3550. The molecule has 0 bridgehead atoms.